The molecule has 14 heavy (non-hydrogen) atoms. The second-order valence-corrected chi connectivity index (χ2v) is 4.61. The second-order valence-electron chi connectivity index (χ2n) is 4.61. The van der Waals surface area contributed by atoms with E-state index < -0.39 is 0 Å². The highest BCUT2D eigenvalue weighted by atomic mass is 16.5. The number of nitrogens with one attached hydrogen (secondary N) is 1. The summed E-state index contributed by atoms with van der Waals surface area (Å²) in [4.78, 5) is 0. The number of methoxy groups -OCH3 is 1. The van der Waals surface area contributed by atoms with E-state index in [0.29, 0.717) is 5.41 Å². The van der Waals surface area contributed by atoms with E-state index in [1.54, 1.807) is 7.11 Å². The molecule has 0 aromatic carbocycles. The van der Waals surface area contributed by atoms with Crippen LogP contribution in [0, 0.1) is 5.41 Å². The maximum absolute atomic E-state index is 5.20. The van der Waals surface area contributed by atoms with Gasteiger partial charge in [0, 0.05) is 26.3 Å². The first-order chi connectivity index (χ1) is 6.76. The number of hydrogen-bond acceptors (Lipinski definition) is 2. The van der Waals surface area contributed by atoms with E-state index in [1.165, 1.54) is 38.6 Å². The Balaban J connectivity index is 2.31. The van der Waals surface area contributed by atoms with Gasteiger partial charge in [-0.25, -0.2) is 0 Å². The molecule has 0 radical (unpaired) electrons. The molecule has 0 atom stereocenters. The van der Waals surface area contributed by atoms with Gasteiger partial charge in [-0.3, -0.25) is 0 Å². The van der Waals surface area contributed by atoms with Crippen LogP contribution in [0.2, 0.25) is 0 Å². The molecule has 1 N–H and O–H groups in total. The summed E-state index contributed by atoms with van der Waals surface area (Å²) in [6.07, 6.45) is 6.47. The molecule has 2 nitrogen and oxygen atoms in total. The molecule has 0 heterocycles. The molecule has 1 rings (SSSR count). The van der Waals surface area contributed by atoms with Crippen molar-refractivity contribution in [1.29, 1.82) is 0 Å². The fraction of sp³-hybridized carbons (Fsp3) is 1.00. The SMILES string of the molecule is CCC(CC)(CCOC)CNC1CC1. The Bertz CT molecular complexity index is 150. The first-order valence-electron chi connectivity index (χ1n) is 5.98. The first kappa shape index (κ1) is 12.0. The van der Waals surface area contributed by atoms with Crippen LogP contribution in [0.25, 0.3) is 0 Å². The van der Waals surface area contributed by atoms with Crippen molar-refractivity contribution in [3.63, 3.8) is 0 Å². The van der Waals surface area contributed by atoms with Gasteiger partial charge in [-0.2, -0.15) is 0 Å². The lowest BCUT2D eigenvalue weighted by Crippen LogP contribution is -2.35. The van der Waals surface area contributed by atoms with Crippen LogP contribution in [0.1, 0.15) is 46.0 Å². The summed E-state index contributed by atoms with van der Waals surface area (Å²) < 4.78 is 5.20. The Kier molecular flexibility index (Phi) is 4.90. The highest BCUT2D eigenvalue weighted by molar-refractivity contribution is 4.86. The third-order valence-electron chi connectivity index (χ3n) is 3.68. The van der Waals surface area contributed by atoms with Crippen LogP contribution in [-0.2, 0) is 4.74 Å². The average molecular weight is 199 g/mol. The van der Waals surface area contributed by atoms with Gasteiger partial charge in [-0.15, -0.1) is 0 Å². The van der Waals surface area contributed by atoms with Crippen molar-refractivity contribution in [3.05, 3.63) is 0 Å². The van der Waals surface area contributed by atoms with E-state index >= 15 is 0 Å². The Morgan fingerprint density at radius 2 is 1.93 bits per heavy atom. The quantitative estimate of drug-likeness (QED) is 0.649. The van der Waals surface area contributed by atoms with Gasteiger partial charge in [0.05, 0.1) is 0 Å². The summed E-state index contributed by atoms with van der Waals surface area (Å²) >= 11 is 0. The minimum Gasteiger partial charge on any atom is -0.385 e. The Morgan fingerprint density at radius 3 is 2.36 bits per heavy atom. The molecule has 0 aromatic heterocycles. The van der Waals surface area contributed by atoms with Crippen molar-refractivity contribution in [2.24, 2.45) is 5.41 Å². The van der Waals surface area contributed by atoms with Crippen LogP contribution in [0.4, 0.5) is 0 Å². The van der Waals surface area contributed by atoms with Crippen molar-refractivity contribution >= 4 is 0 Å². The summed E-state index contributed by atoms with van der Waals surface area (Å²) in [7, 11) is 1.80. The molecule has 1 fully saturated rings. The van der Waals surface area contributed by atoms with Gasteiger partial charge < -0.3 is 10.1 Å². The van der Waals surface area contributed by atoms with Crippen molar-refractivity contribution in [2.75, 3.05) is 20.3 Å². The Hall–Kier alpha value is -0.0800. The summed E-state index contributed by atoms with van der Waals surface area (Å²) in [5.41, 5.74) is 0.471. The van der Waals surface area contributed by atoms with Crippen LogP contribution in [0.15, 0.2) is 0 Å². The Labute approximate surface area is 88.4 Å². The van der Waals surface area contributed by atoms with Crippen LogP contribution in [0.5, 0.6) is 0 Å². The van der Waals surface area contributed by atoms with Crippen LogP contribution < -0.4 is 5.32 Å². The smallest absolute Gasteiger partial charge is 0.0468 e. The molecule has 1 aliphatic rings. The van der Waals surface area contributed by atoms with E-state index in [-0.39, 0.29) is 0 Å². The summed E-state index contributed by atoms with van der Waals surface area (Å²) in [5, 5.41) is 3.65. The van der Waals surface area contributed by atoms with Crippen LogP contribution >= 0.6 is 0 Å². The van der Waals surface area contributed by atoms with Gasteiger partial charge >= 0.3 is 0 Å². The molecule has 1 aliphatic carbocycles. The van der Waals surface area contributed by atoms with Gasteiger partial charge in [0.15, 0.2) is 0 Å². The third kappa shape index (κ3) is 3.58. The summed E-state index contributed by atoms with van der Waals surface area (Å²) in [6.45, 7) is 6.67. The number of rotatable bonds is 8. The summed E-state index contributed by atoms with van der Waals surface area (Å²) in [6, 6.07) is 0.829. The molecule has 0 spiro atoms. The minimum absolute atomic E-state index is 0.471. The van der Waals surface area contributed by atoms with E-state index in [9.17, 15) is 0 Å². The molecular weight excluding hydrogens is 174 g/mol. The zero-order chi connectivity index (χ0) is 10.4. The molecule has 84 valence electrons. The molecule has 1 saturated carbocycles. The number of hydrogen-bond donors (Lipinski definition) is 1. The maximum atomic E-state index is 5.20. The van der Waals surface area contributed by atoms with Gasteiger partial charge in [0.25, 0.3) is 0 Å². The lowest BCUT2D eigenvalue weighted by Gasteiger charge is -2.32. The molecule has 2 heteroatoms. The Morgan fingerprint density at radius 1 is 1.29 bits per heavy atom. The van der Waals surface area contributed by atoms with Crippen LogP contribution in [0.3, 0.4) is 0 Å². The van der Waals surface area contributed by atoms with Gasteiger partial charge in [0.2, 0.25) is 0 Å². The molecule has 0 aliphatic heterocycles. The first-order valence-corrected chi connectivity index (χ1v) is 5.98. The van der Waals surface area contributed by atoms with Crippen molar-refractivity contribution in [3.8, 4) is 0 Å². The van der Waals surface area contributed by atoms with Crippen molar-refractivity contribution in [2.45, 2.75) is 52.0 Å². The molecular formula is C12H25NO. The van der Waals surface area contributed by atoms with Gasteiger partial charge in [0.1, 0.15) is 0 Å². The minimum atomic E-state index is 0.471. The van der Waals surface area contributed by atoms with E-state index in [2.05, 4.69) is 19.2 Å². The molecule has 0 amide bonds. The zero-order valence-electron chi connectivity index (χ0n) is 9.94. The third-order valence-corrected chi connectivity index (χ3v) is 3.68. The second kappa shape index (κ2) is 5.72. The predicted octanol–water partition coefficient (Wildman–Crippen LogP) is 2.58. The van der Waals surface area contributed by atoms with Crippen molar-refractivity contribution < 1.29 is 4.74 Å². The van der Waals surface area contributed by atoms with Crippen molar-refractivity contribution in [1.82, 2.24) is 5.32 Å². The normalized spacial score (nSPS) is 17.4. The lowest BCUT2D eigenvalue weighted by atomic mass is 9.79. The fourth-order valence-corrected chi connectivity index (χ4v) is 1.91. The predicted molar refractivity (Wildman–Crippen MR) is 60.5 cm³/mol. The van der Waals surface area contributed by atoms with Gasteiger partial charge in [-0.1, -0.05) is 13.8 Å². The largest absolute Gasteiger partial charge is 0.385 e. The maximum Gasteiger partial charge on any atom is 0.0468 e. The van der Waals surface area contributed by atoms with Gasteiger partial charge in [-0.05, 0) is 37.5 Å². The lowest BCUT2D eigenvalue weighted by molar-refractivity contribution is 0.125. The highest BCUT2D eigenvalue weighted by Crippen LogP contribution is 2.31. The van der Waals surface area contributed by atoms with E-state index in [0.717, 1.165) is 12.6 Å². The molecule has 0 unspecified atom stereocenters. The zero-order valence-corrected chi connectivity index (χ0v) is 9.94. The fourth-order valence-electron chi connectivity index (χ4n) is 1.91. The van der Waals surface area contributed by atoms with Crippen LogP contribution in [-0.4, -0.2) is 26.3 Å². The number of ether oxygens (including phenoxy) is 1. The monoisotopic (exact) mass is 199 g/mol. The van der Waals surface area contributed by atoms with E-state index in [1.807, 2.05) is 0 Å². The molecule has 0 bridgehead atoms. The van der Waals surface area contributed by atoms with E-state index in [4.69, 9.17) is 4.74 Å². The standard InChI is InChI=1S/C12H25NO/c1-4-12(5-2,8-9-14-3)10-13-11-6-7-11/h11,13H,4-10H2,1-3H3. The average Bonchev–Trinajstić information content (AvgIpc) is 3.03. The topological polar surface area (TPSA) is 21.3 Å². The molecule has 0 aromatic rings. The summed E-state index contributed by atoms with van der Waals surface area (Å²) in [5.74, 6) is 0. The molecule has 0 saturated heterocycles. The highest BCUT2D eigenvalue weighted by Gasteiger charge is 2.29.